The molecule has 0 fully saturated rings. The molecule has 1 aromatic carbocycles. The zero-order valence-corrected chi connectivity index (χ0v) is 9.36. The first kappa shape index (κ1) is 11.8. The predicted octanol–water partition coefficient (Wildman–Crippen LogP) is 2.87. The number of hydrogen-bond acceptors (Lipinski definition) is 2. The van der Waals surface area contributed by atoms with Gasteiger partial charge in [-0.05, 0) is 43.0 Å². The van der Waals surface area contributed by atoms with Crippen molar-refractivity contribution >= 4 is 5.57 Å². The van der Waals surface area contributed by atoms with Gasteiger partial charge in [0.05, 0.1) is 7.11 Å². The fourth-order valence-corrected chi connectivity index (χ4v) is 1.53. The Hall–Kier alpha value is -1.28. The molecule has 0 aliphatic heterocycles. The Balaban J connectivity index is 2.75. The van der Waals surface area contributed by atoms with Crippen LogP contribution in [0.3, 0.4) is 0 Å². The molecule has 0 aliphatic carbocycles. The zero-order chi connectivity index (χ0) is 11.1. The summed E-state index contributed by atoms with van der Waals surface area (Å²) in [5, 5.41) is 8.79. The second kappa shape index (κ2) is 6.25. The maximum Gasteiger partial charge on any atom is 0.118 e. The van der Waals surface area contributed by atoms with Crippen molar-refractivity contribution in [2.24, 2.45) is 0 Å². The number of allylic oxidation sites excluding steroid dienone is 2. The van der Waals surface area contributed by atoms with Crippen molar-refractivity contribution in [3.8, 4) is 5.75 Å². The lowest BCUT2D eigenvalue weighted by molar-refractivity contribution is 0.290. The van der Waals surface area contributed by atoms with Gasteiger partial charge in [0.1, 0.15) is 5.75 Å². The molecule has 0 aromatic heterocycles. The standard InChI is InChI=1S/C13H18O2/c1-3-11(5-4-10-14)12-6-8-13(15-2)9-7-12/h3,6-9,14H,4-5,10H2,1-2H3/b11-3+. The molecule has 0 radical (unpaired) electrons. The maximum absolute atomic E-state index is 8.79. The monoisotopic (exact) mass is 206 g/mol. The second-order valence-corrected chi connectivity index (χ2v) is 3.37. The highest BCUT2D eigenvalue weighted by Gasteiger charge is 2.00. The molecule has 1 rings (SSSR count). The van der Waals surface area contributed by atoms with Crippen molar-refractivity contribution in [3.05, 3.63) is 35.9 Å². The van der Waals surface area contributed by atoms with Crippen LogP contribution in [0.1, 0.15) is 25.3 Å². The van der Waals surface area contributed by atoms with Gasteiger partial charge in [-0.2, -0.15) is 0 Å². The van der Waals surface area contributed by atoms with Gasteiger partial charge in [0.25, 0.3) is 0 Å². The topological polar surface area (TPSA) is 29.5 Å². The Kier molecular flexibility index (Phi) is 4.91. The molecule has 2 nitrogen and oxygen atoms in total. The van der Waals surface area contributed by atoms with E-state index in [1.165, 1.54) is 11.1 Å². The number of rotatable bonds is 5. The SMILES string of the molecule is C/C=C(\CCCO)c1ccc(OC)cc1. The molecule has 2 heteroatoms. The van der Waals surface area contributed by atoms with Gasteiger partial charge < -0.3 is 9.84 Å². The minimum absolute atomic E-state index is 0.244. The lowest BCUT2D eigenvalue weighted by Crippen LogP contribution is -1.89. The van der Waals surface area contributed by atoms with Crippen LogP contribution < -0.4 is 4.74 Å². The fourth-order valence-electron chi connectivity index (χ4n) is 1.53. The predicted molar refractivity (Wildman–Crippen MR) is 63.0 cm³/mol. The van der Waals surface area contributed by atoms with Crippen LogP contribution in [-0.2, 0) is 0 Å². The molecule has 82 valence electrons. The van der Waals surface area contributed by atoms with E-state index < -0.39 is 0 Å². The highest BCUT2D eigenvalue weighted by Crippen LogP contribution is 2.22. The summed E-state index contributed by atoms with van der Waals surface area (Å²) in [7, 11) is 1.66. The molecule has 0 bridgehead atoms. The average Bonchev–Trinajstić information content (AvgIpc) is 2.31. The second-order valence-electron chi connectivity index (χ2n) is 3.37. The quantitative estimate of drug-likeness (QED) is 0.802. The molecule has 0 amide bonds. The van der Waals surface area contributed by atoms with Crippen molar-refractivity contribution in [2.75, 3.05) is 13.7 Å². The third-order valence-electron chi connectivity index (χ3n) is 2.41. The Labute approximate surface area is 91.2 Å². The molecule has 0 heterocycles. The molecular formula is C13H18O2. The van der Waals surface area contributed by atoms with E-state index in [0.717, 1.165) is 18.6 Å². The minimum Gasteiger partial charge on any atom is -0.497 e. The summed E-state index contributed by atoms with van der Waals surface area (Å²) in [6, 6.07) is 8.01. The van der Waals surface area contributed by atoms with Gasteiger partial charge in [-0.1, -0.05) is 18.2 Å². The van der Waals surface area contributed by atoms with Gasteiger partial charge in [-0.15, -0.1) is 0 Å². The third kappa shape index (κ3) is 3.40. The molecule has 15 heavy (non-hydrogen) atoms. The number of methoxy groups -OCH3 is 1. The smallest absolute Gasteiger partial charge is 0.118 e. The van der Waals surface area contributed by atoms with Crippen molar-refractivity contribution in [2.45, 2.75) is 19.8 Å². The molecular weight excluding hydrogens is 188 g/mol. The molecule has 0 atom stereocenters. The van der Waals surface area contributed by atoms with E-state index in [2.05, 4.69) is 6.08 Å². The molecule has 1 aromatic rings. The van der Waals surface area contributed by atoms with E-state index >= 15 is 0 Å². The first-order valence-corrected chi connectivity index (χ1v) is 5.22. The first-order chi connectivity index (χ1) is 7.31. The summed E-state index contributed by atoms with van der Waals surface area (Å²) >= 11 is 0. The van der Waals surface area contributed by atoms with E-state index in [0.29, 0.717) is 0 Å². The van der Waals surface area contributed by atoms with Gasteiger partial charge >= 0.3 is 0 Å². The van der Waals surface area contributed by atoms with Crippen LogP contribution in [0.4, 0.5) is 0 Å². The Morgan fingerprint density at radius 1 is 1.33 bits per heavy atom. The number of hydrogen-bond donors (Lipinski definition) is 1. The van der Waals surface area contributed by atoms with Crippen molar-refractivity contribution < 1.29 is 9.84 Å². The van der Waals surface area contributed by atoms with Gasteiger partial charge in [0.15, 0.2) is 0 Å². The van der Waals surface area contributed by atoms with Crippen LogP contribution in [0.5, 0.6) is 5.75 Å². The van der Waals surface area contributed by atoms with E-state index in [9.17, 15) is 0 Å². The molecule has 0 saturated carbocycles. The normalized spacial score (nSPS) is 11.5. The zero-order valence-electron chi connectivity index (χ0n) is 9.36. The Morgan fingerprint density at radius 2 is 2.00 bits per heavy atom. The van der Waals surface area contributed by atoms with Crippen molar-refractivity contribution in [3.63, 3.8) is 0 Å². The van der Waals surface area contributed by atoms with Gasteiger partial charge in [-0.3, -0.25) is 0 Å². The lowest BCUT2D eigenvalue weighted by atomic mass is 10.0. The van der Waals surface area contributed by atoms with Crippen LogP contribution in [0.25, 0.3) is 5.57 Å². The van der Waals surface area contributed by atoms with Crippen molar-refractivity contribution in [1.82, 2.24) is 0 Å². The third-order valence-corrected chi connectivity index (χ3v) is 2.41. The Bertz CT molecular complexity index is 312. The van der Waals surface area contributed by atoms with Crippen LogP contribution in [0.2, 0.25) is 0 Å². The number of benzene rings is 1. The van der Waals surface area contributed by atoms with Crippen LogP contribution >= 0.6 is 0 Å². The summed E-state index contributed by atoms with van der Waals surface area (Å²) in [4.78, 5) is 0. The number of aliphatic hydroxyl groups is 1. The molecule has 0 unspecified atom stereocenters. The van der Waals surface area contributed by atoms with E-state index in [1.54, 1.807) is 7.11 Å². The van der Waals surface area contributed by atoms with E-state index in [4.69, 9.17) is 9.84 Å². The van der Waals surface area contributed by atoms with Gasteiger partial charge in [0.2, 0.25) is 0 Å². The lowest BCUT2D eigenvalue weighted by Gasteiger charge is -2.07. The van der Waals surface area contributed by atoms with E-state index in [-0.39, 0.29) is 6.61 Å². The summed E-state index contributed by atoms with van der Waals surface area (Å²) in [5.74, 6) is 0.872. The minimum atomic E-state index is 0.244. The van der Waals surface area contributed by atoms with Gasteiger partial charge in [0, 0.05) is 6.61 Å². The van der Waals surface area contributed by atoms with E-state index in [1.807, 2.05) is 31.2 Å². The molecule has 0 spiro atoms. The summed E-state index contributed by atoms with van der Waals surface area (Å²) in [6.45, 7) is 2.27. The summed E-state index contributed by atoms with van der Waals surface area (Å²) in [5.41, 5.74) is 2.47. The molecule has 0 aliphatic rings. The van der Waals surface area contributed by atoms with Crippen molar-refractivity contribution in [1.29, 1.82) is 0 Å². The van der Waals surface area contributed by atoms with Crippen LogP contribution in [0.15, 0.2) is 30.3 Å². The fraction of sp³-hybridized carbons (Fsp3) is 0.385. The number of ether oxygens (including phenoxy) is 1. The number of aliphatic hydroxyl groups excluding tert-OH is 1. The Morgan fingerprint density at radius 3 is 2.47 bits per heavy atom. The largest absolute Gasteiger partial charge is 0.497 e. The summed E-state index contributed by atoms with van der Waals surface area (Å²) in [6.07, 6.45) is 3.82. The first-order valence-electron chi connectivity index (χ1n) is 5.22. The maximum atomic E-state index is 8.79. The van der Waals surface area contributed by atoms with Crippen LogP contribution in [0, 0.1) is 0 Å². The average molecular weight is 206 g/mol. The van der Waals surface area contributed by atoms with Crippen LogP contribution in [-0.4, -0.2) is 18.8 Å². The highest BCUT2D eigenvalue weighted by molar-refractivity contribution is 5.65. The molecule has 0 saturated heterocycles. The molecule has 1 N–H and O–H groups in total. The highest BCUT2D eigenvalue weighted by atomic mass is 16.5. The summed E-state index contributed by atoms with van der Waals surface area (Å²) < 4.78 is 5.10. The van der Waals surface area contributed by atoms with Gasteiger partial charge in [-0.25, -0.2) is 0 Å².